The molecule has 1 aromatic carbocycles. The van der Waals surface area contributed by atoms with Crippen LogP contribution < -0.4 is 76.1 Å². The number of rotatable bonds is 38. The minimum absolute atomic E-state index is 0.0666. The number of imidazole rings is 1. The third kappa shape index (κ3) is 24.9. The first-order chi connectivity index (χ1) is 40.5. The first-order valence-electron chi connectivity index (χ1n) is 28.1. The number of carbonyl (C=O) groups excluding carboxylic acids is 13. The number of thioether (sulfide) groups is 1. The topological polar surface area (TPSA) is 491 Å². The molecule has 0 aliphatic heterocycles. The maximum atomic E-state index is 14.3. The van der Waals surface area contributed by atoms with Gasteiger partial charge in [-0.05, 0) is 74.0 Å². The van der Waals surface area contributed by atoms with Gasteiger partial charge in [0.2, 0.25) is 76.8 Å². The number of primary amides is 3. The van der Waals surface area contributed by atoms with Gasteiger partial charge in [-0.2, -0.15) is 11.8 Å². The van der Waals surface area contributed by atoms with Gasteiger partial charge in [-0.3, -0.25) is 62.3 Å². The van der Waals surface area contributed by atoms with Crippen LogP contribution in [0.5, 0.6) is 0 Å². The van der Waals surface area contributed by atoms with Gasteiger partial charge in [-0.25, -0.2) is 4.98 Å². The number of nitrogens with one attached hydrogen (secondary N) is 12. The summed E-state index contributed by atoms with van der Waals surface area (Å²) in [5.74, 6) is -11.4. The van der Waals surface area contributed by atoms with Crippen LogP contribution in [0.4, 0.5) is 0 Å². The van der Waals surface area contributed by atoms with Gasteiger partial charge in [0.05, 0.1) is 31.9 Å². The minimum Gasteiger partial charge on any atom is -0.370 e. The number of benzene rings is 1. The second-order valence-corrected chi connectivity index (χ2v) is 22.9. The molecule has 0 unspecified atom stereocenters. The summed E-state index contributed by atoms with van der Waals surface area (Å²) in [6.45, 7) is 10.5. The third-order valence-electron chi connectivity index (χ3n) is 13.3. The molecule has 2 aromatic heterocycles. The molecular weight excluding hydrogens is 1140 g/mol. The average Bonchev–Trinajstić information content (AvgIpc) is 4.31. The number of aromatic nitrogens is 3. The molecule has 86 heavy (non-hydrogen) atoms. The van der Waals surface area contributed by atoms with E-state index >= 15 is 0 Å². The standard InChI is InChI=1S/C55H85N17O13S/c1-27(2)17-34(56)49(79)62-24-44(75)67-41(21-43(58)74)54(84)69-37(13-14-42(57)73)50(80)71-39(19-31-22-61-35-12-10-9-11-33(31)35)51(81)65-30(7)48(78)72-46(29(5)6)55(85)63-25-45(76)66-40(20-32-23-60-26-64-32)53(83)70-38(18-28(3)4)52(82)68-36(47(59)77)15-16-86-8/h9-12,22-23,26-30,34,36-41,46,61H,13-21,24-25,56H2,1-8H3,(H2,57,73)(H2,58,74)(H2,59,77)(H,60,64)(H,62,79)(H,63,85)(H,65,81)(H,66,76)(H,67,75)(H,68,82)(H,69,84)(H,70,83)(H,71,80)(H,72,78)/t30-,34-,36-,37-,38-,39-,40-,41-,46-/m0/s1. The van der Waals surface area contributed by atoms with Crippen LogP contribution in [0.2, 0.25) is 0 Å². The molecule has 0 aliphatic carbocycles. The summed E-state index contributed by atoms with van der Waals surface area (Å²) < 4.78 is 0. The maximum absolute atomic E-state index is 14.3. The molecule has 0 spiro atoms. The number of amides is 13. The Labute approximate surface area is 502 Å². The van der Waals surface area contributed by atoms with Crippen molar-refractivity contribution in [2.24, 2.45) is 40.7 Å². The van der Waals surface area contributed by atoms with Crippen LogP contribution in [0.3, 0.4) is 0 Å². The quantitative estimate of drug-likeness (QED) is 0.0262. The van der Waals surface area contributed by atoms with E-state index in [-0.39, 0.29) is 37.5 Å². The van der Waals surface area contributed by atoms with Crippen molar-refractivity contribution in [3.63, 3.8) is 0 Å². The van der Waals surface area contributed by atoms with Gasteiger partial charge in [0.1, 0.15) is 48.3 Å². The van der Waals surface area contributed by atoms with Crippen LogP contribution in [-0.4, -0.2) is 171 Å². The molecule has 13 amide bonds. The van der Waals surface area contributed by atoms with Crippen molar-refractivity contribution in [1.82, 2.24) is 68.1 Å². The number of para-hydroxylation sites is 1. The molecule has 0 bridgehead atoms. The maximum Gasteiger partial charge on any atom is 0.243 e. The van der Waals surface area contributed by atoms with Gasteiger partial charge in [0.25, 0.3) is 0 Å². The lowest BCUT2D eigenvalue weighted by Gasteiger charge is -2.27. The van der Waals surface area contributed by atoms with E-state index < -0.39 is 169 Å². The van der Waals surface area contributed by atoms with Crippen molar-refractivity contribution in [3.8, 4) is 0 Å². The zero-order chi connectivity index (χ0) is 64.4. The predicted octanol–water partition coefficient (Wildman–Crippen LogP) is -3.74. The van der Waals surface area contributed by atoms with E-state index in [2.05, 4.69) is 68.1 Å². The summed E-state index contributed by atoms with van der Waals surface area (Å²) in [5, 5.41) is 25.7. The van der Waals surface area contributed by atoms with E-state index in [1.54, 1.807) is 44.3 Å². The van der Waals surface area contributed by atoms with E-state index in [0.717, 1.165) is 0 Å². The summed E-state index contributed by atoms with van der Waals surface area (Å²) in [7, 11) is 0. The van der Waals surface area contributed by atoms with E-state index in [0.29, 0.717) is 34.3 Å². The highest BCUT2D eigenvalue weighted by Gasteiger charge is 2.35. The second kappa shape index (κ2) is 35.6. The third-order valence-corrected chi connectivity index (χ3v) is 13.9. The summed E-state index contributed by atoms with van der Waals surface area (Å²) >= 11 is 1.45. The van der Waals surface area contributed by atoms with Gasteiger partial charge < -0.3 is 86.1 Å². The fourth-order valence-corrected chi connectivity index (χ4v) is 9.18. The monoisotopic (exact) mass is 1220 g/mol. The number of nitrogens with two attached hydrogens (primary N) is 4. The smallest absolute Gasteiger partial charge is 0.243 e. The van der Waals surface area contributed by atoms with Crippen molar-refractivity contribution >= 4 is 99.5 Å². The normalized spacial score (nSPS) is 14.4. The van der Waals surface area contributed by atoms with E-state index in [1.165, 1.54) is 31.2 Å². The fraction of sp³-hybridized carbons (Fsp3) is 0.564. The Morgan fingerprint density at radius 3 is 1.69 bits per heavy atom. The molecule has 31 heteroatoms. The van der Waals surface area contributed by atoms with E-state index in [1.807, 2.05) is 34.0 Å². The first kappa shape index (κ1) is 71.7. The van der Waals surface area contributed by atoms with Gasteiger partial charge in [-0.15, -0.1) is 0 Å². The highest BCUT2D eigenvalue weighted by atomic mass is 32.2. The number of hydrogen-bond acceptors (Lipinski definition) is 16. The summed E-state index contributed by atoms with van der Waals surface area (Å²) in [4.78, 5) is 182. The number of carbonyl (C=O) groups is 13. The lowest BCUT2D eigenvalue weighted by molar-refractivity contribution is -0.136. The Bertz CT molecular complexity index is 2850. The van der Waals surface area contributed by atoms with Crippen molar-refractivity contribution in [3.05, 3.63) is 54.2 Å². The number of fused-ring (bicyclic) bond motifs is 1. The number of nitrogens with zero attached hydrogens (tertiary/aromatic N) is 1. The number of H-pyrrole nitrogens is 2. The molecule has 0 radical (unpaired) electrons. The van der Waals surface area contributed by atoms with E-state index in [4.69, 9.17) is 22.9 Å². The van der Waals surface area contributed by atoms with Crippen LogP contribution in [0, 0.1) is 17.8 Å². The van der Waals surface area contributed by atoms with Crippen LogP contribution in [0.15, 0.2) is 43.0 Å². The molecule has 30 nitrogen and oxygen atoms in total. The summed E-state index contributed by atoms with van der Waals surface area (Å²) in [5.41, 5.74) is 23.9. The Kier molecular flexibility index (Phi) is 29.7. The van der Waals surface area contributed by atoms with Gasteiger partial charge in [0, 0.05) is 48.3 Å². The summed E-state index contributed by atoms with van der Waals surface area (Å²) in [6, 6.07) is -4.89. The van der Waals surface area contributed by atoms with Crippen LogP contribution in [-0.2, 0) is 75.2 Å². The summed E-state index contributed by atoms with van der Waals surface area (Å²) in [6.07, 6.45) is 4.95. The Balaban J connectivity index is 1.80. The lowest BCUT2D eigenvalue weighted by atomic mass is 10.0. The SMILES string of the molecule is CSCC[C@H](NC(=O)[C@H](CC(C)C)NC(=O)[C@H](Cc1cnc[nH]1)NC(=O)CNC(=O)[C@@H](NC(=O)[C@H](C)NC(=O)[C@H](Cc1c[nH]c2ccccc12)NC(=O)[C@H](CCC(N)=O)NC(=O)[C@H](CC(N)=O)NC(=O)CNC(=O)[C@@H](N)CC(C)C)C(C)C)C(N)=O. The molecule has 474 valence electrons. The molecule has 0 saturated carbocycles. The largest absolute Gasteiger partial charge is 0.370 e. The molecular formula is C55H85N17O13S. The molecule has 2 heterocycles. The number of aromatic amines is 2. The number of hydrogen-bond donors (Lipinski definition) is 16. The molecule has 0 fully saturated rings. The molecule has 3 aromatic rings. The molecule has 0 saturated heterocycles. The highest BCUT2D eigenvalue weighted by Crippen LogP contribution is 2.20. The molecule has 0 aliphatic rings. The zero-order valence-corrected chi connectivity index (χ0v) is 50.5. The minimum atomic E-state index is -1.69. The average molecular weight is 1220 g/mol. The zero-order valence-electron chi connectivity index (χ0n) is 49.7. The molecule has 9 atom stereocenters. The van der Waals surface area contributed by atoms with E-state index in [9.17, 15) is 62.3 Å². The Morgan fingerprint density at radius 2 is 1.10 bits per heavy atom. The predicted molar refractivity (Wildman–Crippen MR) is 318 cm³/mol. The van der Waals surface area contributed by atoms with Gasteiger partial charge >= 0.3 is 0 Å². The highest BCUT2D eigenvalue weighted by molar-refractivity contribution is 7.98. The second-order valence-electron chi connectivity index (χ2n) is 22.0. The van der Waals surface area contributed by atoms with Crippen molar-refractivity contribution in [2.75, 3.05) is 25.1 Å². The lowest BCUT2D eigenvalue weighted by Crippen LogP contribution is -2.60. The van der Waals surface area contributed by atoms with Crippen molar-refractivity contribution in [1.29, 1.82) is 0 Å². The Morgan fingerprint density at radius 1 is 0.558 bits per heavy atom. The van der Waals surface area contributed by atoms with Crippen LogP contribution in [0.25, 0.3) is 10.9 Å². The van der Waals surface area contributed by atoms with Crippen LogP contribution >= 0.6 is 11.8 Å². The Hall–Kier alpha value is -8.61. The fourth-order valence-electron chi connectivity index (χ4n) is 8.71. The first-order valence-corrected chi connectivity index (χ1v) is 29.5. The van der Waals surface area contributed by atoms with Crippen molar-refractivity contribution < 1.29 is 62.3 Å². The molecule has 20 N–H and O–H groups in total. The van der Waals surface area contributed by atoms with Crippen LogP contribution in [0.1, 0.15) is 98.2 Å². The van der Waals surface area contributed by atoms with Crippen molar-refractivity contribution in [2.45, 2.75) is 154 Å². The van der Waals surface area contributed by atoms with Gasteiger partial charge in [0.15, 0.2) is 0 Å². The molecule has 3 rings (SSSR count). The van der Waals surface area contributed by atoms with Gasteiger partial charge in [-0.1, -0.05) is 59.7 Å².